The van der Waals surface area contributed by atoms with Gasteiger partial charge in [0.05, 0.1) is 11.5 Å². The Bertz CT molecular complexity index is 529. The minimum absolute atomic E-state index is 0.310. The maximum absolute atomic E-state index is 11.2. The van der Waals surface area contributed by atoms with Gasteiger partial charge in [-0.3, -0.25) is 0 Å². The first-order chi connectivity index (χ1) is 8.81. The van der Waals surface area contributed by atoms with E-state index in [1.807, 2.05) is 28.3 Å². The highest BCUT2D eigenvalue weighted by atomic mass is 32.1. The molecule has 0 amide bonds. The number of esters is 1. The molecule has 2 aromatic rings. The van der Waals surface area contributed by atoms with Crippen LogP contribution in [0.5, 0.6) is 0 Å². The lowest BCUT2D eigenvalue weighted by Gasteiger charge is -2.02. The van der Waals surface area contributed by atoms with Crippen molar-refractivity contribution in [1.82, 2.24) is 9.55 Å². The quantitative estimate of drug-likeness (QED) is 0.614. The van der Waals surface area contributed by atoms with E-state index in [1.54, 1.807) is 30.5 Å². The molecule has 0 aromatic carbocycles. The lowest BCUT2D eigenvalue weighted by molar-refractivity contribution is -0.137. The van der Waals surface area contributed by atoms with Crippen molar-refractivity contribution in [1.29, 1.82) is 0 Å². The van der Waals surface area contributed by atoms with Crippen LogP contribution in [-0.2, 0) is 16.1 Å². The largest absolute Gasteiger partial charge is 0.463 e. The molecular formula is C13H14N2O2S. The van der Waals surface area contributed by atoms with Gasteiger partial charge in [-0.25, -0.2) is 9.78 Å². The van der Waals surface area contributed by atoms with Crippen LogP contribution in [0.4, 0.5) is 0 Å². The molecule has 2 heterocycles. The molecule has 0 saturated carbocycles. The Morgan fingerprint density at radius 1 is 1.61 bits per heavy atom. The van der Waals surface area contributed by atoms with Crippen molar-refractivity contribution in [3.63, 3.8) is 0 Å². The van der Waals surface area contributed by atoms with Gasteiger partial charge in [-0.2, -0.15) is 0 Å². The Balaban J connectivity index is 2.03. The minimum atomic E-state index is -0.310. The smallest absolute Gasteiger partial charge is 0.330 e. The fourth-order valence-electron chi connectivity index (χ4n) is 1.54. The molecule has 0 spiro atoms. The molecule has 94 valence electrons. The van der Waals surface area contributed by atoms with Crippen LogP contribution >= 0.6 is 11.3 Å². The first-order valence-corrected chi connectivity index (χ1v) is 6.57. The van der Waals surface area contributed by atoms with Crippen molar-refractivity contribution >= 4 is 17.3 Å². The van der Waals surface area contributed by atoms with E-state index in [1.165, 1.54) is 6.08 Å². The van der Waals surface area contributed by atoms with Crippen molar-refractivity contribution < 1.29 is 9.53 Å². The van der Waals surface area contributed by atoms with Crippen LogP contribution in [0.2, 0.25) is 0 Å². The predicted octanol–water partition coefficient (Wildman–Crippen LogP) is 2.73. The second-order valence-corrected chi connectivity index (χ2v) is 4.48. The van der Waals surface area contributed by atoms with Crippen molar-refractivity contribution in [2.45, 2.75) is 13.5 Å². The number of ether oxygens (including phenoxy) is 1. The third-order valence-electron chi connectivity index (χ3n) is 2.30. The van der Waals surface area contributed by atoms with E-state index in [0.29, 0.717) is 13.2 Å². The summed E-state index contributed by atoms with van der Waals surface area (Å²) in [6.07, 6.45) is 6.87. The van der Waals surface area contributed by atoms with Gasteiger partial charge in [-0.1, -0.05) is 12.1 Å². The van der Waals surface area contributed by atoms with E-state index < -0.39 is 0 Å². The summed E-state index contributed by atoms with van der Waals surface area (Å²) >= 11 is 1.64. The van der Waals surface area contributed by atoms with Crippen molar-refractivity contribution in [2.24, 2.45) is 0 Å². The first-order valence-electron chi connectivity index (χ1n) is 5.69. The average Bonchev–Trinajstić information content (AvgIpc) is 2.98. The molecule has 0 N–H and O–H groups in total. The number of rotatable bonds is 5. The van der Waals surface area contributed by atoms with Crippen molar-refractivity contribution in [3.05, 3.63) is 42.1 Å². The third-order valence-corrected chi connectivity index (χ3v) is 3.17. The maximum Gasteiger partial charge on any atom is 0.330 e. The molecule has 0 atom stereocenters. The Kier molecular flexibility index (Phi) is 4.30. The number of allylic oxidation sites excluding steroid dienone is 1. The number of carbonyl (C=O) groups is 1. The zero-order valence-corrected chi connectivity index (χ0v) is 10.9. The number of nitrogens with zero attached hydrogens (tertiary/aromatic N) is 2. The van der Waals surface area contributed by atoms with E-state index in [0.717, 1.165) is 10.7 Å². The van der Waals surface area contributed by atoms with E-state index in [-0.39, 0.29) is 5.97 Å². The summed E-state index contributed by atoms with van der Waals surface area (Å²) in [6, 6.07) is 4.02. The molecule has 0 aliphatic carbocycles. The Labute approximate surface area is 110 Å². The molecule has 0 fully saturated rings. The van der Waals surface area contributed by atoms with Crippen LogP contribution in [0.3, 0.4) is 0 Å². The van der Waals surface area contributed by atoms with Crippen LogP contribution in [0.25, 0.3) is 10.7 Å². The average molecular weight is 262 g/mol. The summed E-state index contributed by atoms with van der Waals surface area (Å²) in [4.78, 5) is 16.6. The summed E-state index contributed by atoms with van der Waals surface area (Å²) < 4.78 is 6.80. The molecule has 0 saturated heterocycles. The van der Waals surface area contributed by atoms with Crippen LogP contribution in [0.15, 0.2) is 42.1 Å². The Hall–Kier alpha value is -1.88. The zero-order chi connectivity index (χ0) is 12.8. The molecule has 0 aliphatic rings. The minimum Gasteiger partial charge on any atom is -0.463 e. The van der Waals surface area contributed by atoms with E-state index in [9.17, 15) is 4.79 Å². The van der Waals surface area contributed by atoms with E-state index in [4.69, 9.17) is 4.74 Å². The molecule has 18 heavy (non-hydrogen) atoms. The number of imidazole rings is 1. The number of hydrogen-bond donors (Lipinski definition) is 0. The van der Waals surface area contributed by atoms with Crippen molar-refractivity contribution in [3.8, 4) is 10.7 Å². The van der Waals surface area contributed by atoms with E-state index in [2.05, 4.69) is 4.98 Å². The van der Waals surface area contributed by atoms with Crippen molar-refractivity contribution in [2.75, 3.05) is 6.61 Å². The van der Waals surface area contributed by atoms with Crippen LogP contribution in [0, 0.1) is 0 Å². The van der Waals surface area contributed by atoms with Gasteiger partial charge in [0, 0.05) is 25.0 Å². The molecule has 0 unspecified atom stereocenters. The standard InChI is InChI=1S/C13H14N2O2S/c1-2-17-12(16)6-3-8-15-9-7-14-13(15)11-5-4-10-18-11/h3-7,9-10H,2,8H2,1H3/b6-3+. The summed E-state index contributed by atoms with van der Waals surface area (Å²) in [5, 5.41) is 2.02. The van der Waals surface area contributed by atoms with Gasteiger partial charge in [0.2, 0.25) is 0 Å². The van der Waals surface area contributed by atoms with Gasteiger partial charge in [0.1, 0.15) is 5.82 Å². The topological polar surface area (TPSA) is 44.1 Å². The molecule has 2 rings (SSSR count). The molecule has 0 aliphatic heterocycles. The number of aromatic nitrogens is 2. The predicted molar refractivity (Wildman–Crippen MR) is 71.3 cm³/mol. The highest BCUT2D eigenvalue weighted by Crippen LogP contribution is 2.22. The highest BCUT2D eigenvalue weighted by Gasteiger charge is 2.05. The second-order valence-electron chi connectivity index (χ2n) is 3.53. The van der Waals surface area contributed by atoms with Gasteiger partial charge < -0.3 is 9.30 Å². The molecule has 0 radical (unpaired) electrons. The lowest BCUT2D eigenvalue weighted by atomic mass is 10.4. The van der Waals surface area contributed by atoms with Gasteiger partial charge in [0.25, 0.3) is 0 Å². The monoisotopic (exact) mass is 262 g/mol. The molecule has 2 aromatic heterocycles. The molecule has 0 bridgehead atoms. The third kappa shape index (κ3) is 3.07. The normalized spacial score (nSPS) is 10.9. The number of thiophene rings is 1. The maximum atomic E-state index is 11.2. The van der Waals surface area contributed by atoms with Crippen LogP contribution in [0.1, 0.15) is 6.92 Å². The molecule has 5 heteroatoms. The molecule has 4 nitrogen and oxygen atoms in total. The SMILES string of the molecule is CCOC(=O)/C=C/Cn1ccnc1-c1cccs1. The Morgan fingerprint density at radius 3 is 3.22 bits per heavy atom. The summed E-state index contributed by atoms with van der Waals surface area (Å²) in [7, 11) is 0. The summed E-state index contributed by atoms with van der Waals surface area (Å²) in [6.45, 7) is 2.79. The fourth-order valence-corrected chi connectivity index (χ4v) is 2.28. The van der Waals surface area contributed by atoms with Crippen LogP contribution < -0.4 is 0 Å². The van der Waals surface area contributed by atoms with Gasteiger partial charge in [-0.15, -0.1) is 11.3 Å². The highest BCUT2D eigenvalue weighted by molar-refractivity contribution is 7.13. The number of carbonyl (C=O) groups excluding carboxylic acids is 1. The van der Waals surface area contributed by atoms with Gasteiger partial charge in [-0.05, 0) is 18.4 Å². The lowest BCUT2D eigenvalue weighted by Crippen LogP contribution is -2.01. The zero-order valence-electron chi connectivity index (χ0n) is 10.1. The van der Waals surface area contributed by atoms with E-state index >= 15 is 0 Å². The second kappa shape index (κ2) is 6.16. The Morgan fingerprint density at radius 2 is 2.50 bits per heavy atom. The van der Waals surface area contributed by atoms with Crippen LogP contribution in [-0.4, -0.2) is 22.1 Å². The summed E-state index contributed by atoms with van der Waals surface area (Å²) in [5.74, 6) is 0.605. The number of hydrogen-bond acceptors (Lipinski definition) is 4. The first kappa shape index (κ1) is 12.6. The van der Waals surface area contributed by atoms with Gasteiger partial charge >= 0.3 is 5.97 Å². The summed E-state index contributed by atoms with van der Waals surface area (Å²) in [5.41, 5.74) is 0. The molecular weight excluding hydrogens is 248 g/mol. The van der Waals surface area contributed by atoms with Gasteiger partial charge in [0.15, 0.2) is 0 Å². The fraction of sp³-hybridized carbons (Fsp3) is 0.231.